The number of hydrogen-bond acceptors (Lipinski definition) is 3. The Hall–Kier alpha value is -2.95. The summed E-state index contributed by atoms with van der Waals surface area (Å²) in [4.78, 5) is 16.6. The summed E-state index contributed by atoms with van der Waals surface area (Å²) in [6.07, 6.45) is 0.954. The summed E-state index contributed by atoms with van der Waals surface area (Å²) in [6.45, 7) is 1.64. The van der Waals surface area contributed by atoms with Crippen molar-refractivity contribution in [2.75, 3.05) is 5.32 Å². The zero-order valence-electron chi connectivity index (χ0n) is 12.5. The van der Waals surface area contributed by atoms with Gasteiger partial charge in [0.25, 0.3) is 5.91 Å². The molecule has 3 aromatic rings. The highest BCUT2D eigenvalue weighted by atomic mass is 19.1. The quantitative estimate of drug-likeness (QED) is 0.798. The number of aromatic nitrogens is 1. The van der Waals surface area contributed by atoms with Gasteiger partial charge < -0.3 is 10.1 Å². The molecular weight excluding hydrogens is 295 g/mol. The molecule has 2 aromatic carbocycles. The molecule has 1 heterocycles. The number of rotatable bonds is 4. The van der Waals surface area contributed by atoms with Crippen molar-refractivity contribution < 1.29 is 13.9 Å². The van der Waals surface area contributed by atoms with Crippen molar-refractivity contribution in [3.63, 3.8) is 0 Å². The molecule has 5 heteroatoms. The zero-order chi connectivity index (χ0) is 16.2. The van der Waals surface area contributed by atoms with Crippen LogP contribution in [0.3, 0.4) is 0 Å². The molecule has 1 N–H and O–H groups in total. The number of carbonyl (C=O) groups excluding carboxylic acids is 1. The zero-order valence-corrected chi connectivity index (χ0v) is 12.5. The predicted octanol–water partition coefficient (Wildman–Crippen LogP) is 3.78. The molecule has 0 aliphatic heterocycles. The number of nitrogens with one attached hydrogen (secondary N) is 1. The van der Waals surface area contributed by atoms with E-state index in [1.807, 2.05) is 24.3 Å². The number of fused-ring (bicyclic) bond motifs is 1. The Kier molecular flexibility index (Phi) is 4.19. The third-order valence-corrected chi connectivity index (χ3v) is 3.39. The average Bonchev–Trinajstić information content (AvgIpc) is 2.57. The highest BCUT2D eigenvalue weighted by Crippen LogP contribution is 2.21. The molecule has 0 spiro atoms. The van der Waals surface area contributed by atoms with Gasteiger partial charge in [-0.25, -0.2) is 4.39 Å². The van der Waals surface area contributed by atoms with Crippen molar-refractivity contribution in [2.45, 2.75) is 13.0 Å². The van der Waals surface area contributed by atoms with Gasteiger partial charge in [-0.15, -0.1) is 0 Å². The summed E-state index contributed by atoms with van der Waals surface area (Å²) >= 11 is 0. The van der Waals surface area contributed by atoms with Crippen LogP contribution in [0.2, 0.25) is 0 Å². The van der Waals surface area contributed by atoms with E-state index in [0.717, 1.165) is 10.9 Å². The van der Waals surface area contributed by atoms with E-state index < -0.39 is 6.10 Å². The number of anilines is 1. The second-order valence-electron chi connectivity index (χ2n) is 5.08. The van der Waals surface area contributed by atoms with Gasteiger partial charge >= 0.3 is 0 Å². The number of amides is 1. The number of carbonyl (C=O) groups is 1. The van der Waals surface area contributed by atoms with Gasteiger partial charge in [0.1, 0.15) is 11.6 Å². The summed E-state index contributed by atoms with van der Waals surface area (Å²) < 4.78 is 18.4. The van der Waals surface area contributed by atoms with E-state index in [0.29, 0.717) is 11.4 Å². The van der Waals surface area contributed by atoms with Gasteiger partial charge in [-0.1, -0.05) is 18.2 Å². The summed E-state index contributed by atoms with van der Waals surface area (Å²) in [7, 11) is 0. The van der Waals surface area contributed by atoms with Crippen molar-refractivity contribution in [3.05, 3.63) is 66.6 Å². The van der Waals surface area contributed by atoms with Crippen LogP contribution in [0, 0.1) is 5.82 Å². The monoisotopic (exact) mass is 310 g/mol. The molecule has 0 bridgehead atoms. The fourth-order valence-corrected chi connectivity index (χ4v) is 2.21. The molecule has 0 aliphatic rings. The Bertz CT molecular complexity index is 829. The second-order valence-corrected chi connectivity index (χ2v) is 5.08. The van der Waals surface area contributed by atoms with E-state index in [4.69, 9.17) is 4.74 Å². The van der Waals surface area contributed by atoms with Crippen LogP contribution >= 0.6 is 0 Å². The number of hydrogen-bond donors (Lipinski definition) is 1. The standard InChI is InChI=1S/C18H15FN2O2/c1-12(23-15-9-7-14(19)8-10-15)18(22)21-16-6-2-4-13-5-3-11-20-17(13)16/h2-12H,1H3,(H,21,22)/t12-/m0/s1. The minimum atomic E-state index is -0.723. The number of para-hydroxylation sites is 1. The van der Waals surface area contributed by atoms with Crippen LogP contribution in [0.4, 0.5) is 10.1 Å². The lowest BCUT2D eigenvalue weighted by atomic mass is 10.2. The first kappa shape index (κ1) is 15.0. The van der Waals surface area contributed by atoms with E-state index in [-0.39, 0.29) is 11.7 Å². The number of nitrogens with zero attached hydrogens (tertiary/aromatic N) is 1. The molecule has 23 heavy (non-hydrogen) atoms. The van der Waals surface area contributed by atoms with E-state index in [1.54, 1.807) is 19.2 Å². The third-order valence-electron chi connectivity index (χ3n) is 3.39. The smallest absolute Gasteiger partial charge is 0.265 e. The van der Waals surface area contributed by atoms with Crippen molar-refractivity contribution in [1.29, 1.82) is 0 Å². The van der Waals surface area contributed by atoms with E-state index in [9.17, 15) is 9.18 Å². The SMILES string of the molecule is C[C@H](Oc1ccc(F)cc1)C(=O)Nc1cccc2cccnc12. The Morgan fingerprint density at radius 2 is 1.87 bits per heavy atom. The van der Waals surface area contributed by atoms with E-state index in [1.165, 1.54) is 24.3 Å². The topological polar surface area (TPSA) is 51.2 Å². The minimum absolute atomic E-state index is 0.299. The van der Waals surface area contributed by atoms with Crippen LogP contribution in [-0.2, 0) is 4.79 Å². The van der Waals surface area contributed by atoms with Crippen LogP contribution in [-0.4, -0.2) is 17.0 Å². The van der Waals surface area contributed by atoms with Crippen LogP contribution in [0.5, 0.6) is 5.75 Å². The minimum Gasteiger partial charge on any atom is -0.481 e. The van der Waals surface area contributed by atoms with Gasteiger partial charge in [0.15, 0.2) is 6.10 Å². The maximum Gasteiger partial charge on any atom is 0.265 e. The Balaban J connectivity index is 1.74. The van der Waals surface area contributed by atoms with Crippen molar-refractivity contribution in [2.24, 2.45) is 0 Å². The first-order chi connectivity index (χ1) is 11.1. The highest BCUT2D eigenvalue weighted by Gasteiger charge is 2.16. The van der Waals surface area contributed by atoms with Crippen molar-refractivity contribution >= 4 is 22.5 Å². The van der Waals surface area contributed by atoms with Gasteiger partial charge in [-0.2, -0.15) is 0 Å². The van der Waals surface area contributed by atoms with Gasteiger partial charge in [0, 0.05) is 11.6 Å². The lowest BCUT2D eigenvalue weighted by molar-refractivity contribution is -0.122. The largest absolute Gasteiger partial charge is 0.481 e. The molecule has 0 unspecified atom stereocenters. The molecule has 0 radical (unpaired) electrons. The first-order valence-corrected chi connectivity index (χ1v) is 7.20. The highest BCUT2D eigenvalue weighted by molar-refractivity contribution is 6.01. The Labute approximate surface area is 132 Å². The van der Waals surface area contributed by atoms with Crippen molar-refractivity contribution in [3.8, 4) is 5.75 Å². The number of halogens is 1. The summed E-state index contributed by atoms with van der Waals surface area (Å²) in [6, 6.07) is 14.9. The molecule has 0 aliphatic carbocycles. The average molecular weight is 310 g/mol. The Morgan fingerprint density at radius 1 is 1.13 bits per heavy atom. The molecule has 1 amide bonds. The predicted molar refractivity (Wildman–Crippen MR) is 86.9 cm³/mol. The molecule has 3 rings (SSSR count). The van der Waals surface area contributed by atoms with Crippen LogP contribution in [0.15, 0.2) is 60.8 Å². The lowest BCUT2D eigenvalue weighted by Gasteiger charge is -2.15. The number of pyridine rings is 1. The molecule has 0 fully saturated rings. The van der Waals surface area contributed by atoms with Crippen molar-refractivity contribution in [1.82, 2.24) is 4.98 Å². The van der Waals surface area contributed by atoms with Crippen LogP contribution in [0.25, 0.3) is 10.9 Å². The maximum absolute atomic E-state index is 12.9. The fraction of sp³-hybridized carbons (Fsp3) is 0.111. The van der Waals surface area contributed by atoms with E-state index >= 15 is 0 Å². The Morgan fingerprint density at radius 3 is 2.65 bits per heavy atom. The van der Waals surface area contributed by atoms with Gasteiger partial charge in [-0.05, 0) is 43.3 Å². The van der Waals surface area contributed by atoms with Gasteiger partial charge in [0.2, 0.25) is 0 Å². The third kappa shape index (κ3) is 3.45. The van der Waals surface area contributed by atoms with Crippen LogP contribution < -0.4 is 10.1 Å². The van der Waals surface area contributed by atoms with Gasteiger partial charge in [0.05, 0.1) is 11.2 Å². The molecule has 4 nitrogen and oxygen atoms in total. The second kappa shape index (κ2) is 6.44. The summed E-state index contributed by atoms with van der Waals surface area (Å²) in [5.74, 6) is -0.214. The molecule has 1 atom stereocenters. The lowest BCUT2D eigenvalue weighted by Crippen LogP contribution is -2.30. The number of benzene rings is 2. The molecular formula is C18H15FN2O2. The van der Waals surface area contributed by atoms with Gasteiger partial charge in [-0.3, -0.25) is 9.78 Å². The maximum atomic E-state index is 12.9. The molecule has 116 valence electrons. The number of ether oxygens (including phenoxy) is 1. The van der Waals surface area contributed by atoms with Crippen LogP contribution in [0.1, 0.15) is 6.92 Å². The van der Waals surface area contributed by atoms with E-state index in [2.05, 4.69) is 10.3 Å². The normalized spacial score (nSPS) is 11.9. The molecule has 1 aromatic heterocycles. The fourth-order valence-electron chi connectivity index (χ4n) is 2.21. The molecule has 0 saturated heterocycles. The molecule has 0 saturated carbocycles. The summed E-state index contributed by atoms with van der Waals surface area (Å²) in [5.41, 5.74) is 1.35. The first-order valence-electron chi connectivity index (χ1n) is 7.20. The summed E-state index contributed by atoms with van der Waals surface area (Å²) in [5, 5.41) is 3.76.